The largest absolute Gasteiger partial charge is 0.427 e. The van der Waals surface area contributed by atoms with Gasteiger partial charge in [-0.1, -0.05) is 55.9 Å². The van der Waals surface area contributed by atoms with Crippen LogP contribution in [0.4, 0.5) is 0 Å². The molecule has 2 aromatic rings. The van der Waals surface area contributed by atoms with Crippen molar-refractivity contribution in [2.24, 2.45) is 18.7 Å². The van der Waals surface area contributed by atoms with E-state index in [0.29, 0.717) is 28.5 Å². The normalized spacial score (nSPS) is 19.8. The van der Waals surface area contributed by atoms with Crippen molar-refractivity contribution in [2.45, 2.75) is 49.0 Å². The van der Waals surface area contributed by atoms with E-state index in [2.05, 4.69) is 20.8 Å². The van der Waals surface area contributed by atoms with Crippen molar-refractivity contribution < 1.29 is 33.8 Å². The Balaban J connectivity index is 1.46. The zero-order chi connectivity index (χ0) is 29.7. The number of nitrogens with zero attached hydrogens (tertiary/aromatic N) is 5. The number of esters is 2. The maximum Gasteiger partial charge on any atom is 0.357 e. The number of hydrogen-bond acceptors (Lipinski definition) is 13. The Labute approximate surface area is 244 Å². The molecule has 2 amide bonds. The third kappa shape index (κ3) is 7.06. The van der Waals surface area contributed by atoms with Crippen molar-refractivity contribution in [3.05, 3.63) is 47.2 Å². The number of nitrogens with one attached hydrogen (secondary N) is 1. The highest BCUT2D eigenvalue weighted by Gasteiger charge is 2.54. The summed E-state index contributed by atoms with van der Waals surface area (Å²) in [5.41, 5.74) is 6.79. The summed E-state index contributed by atoms with van der Waals surface area (Å²) in [6.07, 6.45) is -1.06. The summed E-state index contributed by atoms with van der Waals surface area (Å²) in [6.45, 7) is 3.15. The van der Waals surface area contributed by atoms with Gasteiger partial charge in [-0.3, -0.25) is 19.3 Å². The number of aliphatic hydroxyl groups excluding tert-OH is 1. The zero-order valence-corrected chi connectivity index (χ0v) is 24.3. The van der Waals surface area contributed by atoms with Crippen molar-refractivity contribution in [3.63, 3.8) is 0 Å². The highest BCUT2D eigenvalue weighted by Crippen LogP contribution is 2.42. The number of aryl methyl sites for hydroxylation is 1. The van der Waals surface area contributed by atoms with Crippen molar-refractivity contribution >= 4 is 47.3 Å². The lowest BCUT2D eigenvalue weighted by Crippen LogP contribution is -2.71. The smallest absolute Gasteiger partial charge is 0.357 e. The summed E-state index contributed by atoms with van der Waals surface area (Å²) in [6, 6.07) is 6.52. The first-order chi connectivity index (χ1) is 19.6. The maximum absolute atomic E-state index is 13.2. The average Bonchev–Trinajstić information content (AvgIpc) is 3.37. The molecule has 3 heterocycles. The van der Waals surface area contributed by atoms with Crippen molar-refractivity contribution in [2.75, 3.05) is 18.3 Å². The number of amides is 2. The number of aromatic nitrogens is 4. The summed E-state index contributed by atoms with van der Waals surface area (Å²) >= 11 is 2.62. The predicted octanol–water partition coefficient (Wildman–Crippen LogP) is 0.107. The summed E-state index contributed by atoms with van der Waals surface area (Å²) in [5.74, 6) is -2.07. The fourth-order valence-corrected chi connectivity index (χ4v) is 6.55. The number of benzene rings is 1. The first-order valence-corrected chi connectivity index (χ1v) is 14.8. The first-order valence-electron chi connectivity index (χ1n) is 12.7. The molecular formula is C25H31N7O7S2. The van der Waals surface area contributed by atoms with Crippen molar-refractivity contribution in [1.29, 1.82) is 0 Å². The molecule has 2 aliphatic rings. The van der Waals surface area contributed by atoms with Crippen LogP contribution >= 0.6 is 23.5 Å². The van der Waals surface area contributed by atoms with E-state index in [0.717, 1.165) is 0 Å². The van der Waals surface area contributed by atoms with E-state index in [1.165, 1.54) is 33.1 Å². The Morgan fingerprint density at radius 1 is 1.24 bits per heavy atom. The molecule has 4 atom stereocenters. The Morgan fingerprint density at radius 2 is 1.98 bits per heavy atom. The van der Waals surface area contributed by atoms with E-state index in [-0.39, 0.29) is 17.4 Å². The van der Waals surface area contributed by atoms with Crippen LogP contribution in [0.5, 0.6) is 0 Å². The van der Waals surface area contributed by atoms with E-state index in [1.807, 2.05) is 13.8 Å². The van der Waals surface area contributed by atoms with E-state index in [9.17, 15) is 24.3 Å². The summed E-state index contributed by atoms with van der Waals surface area (Å²) in [7, 11) is 1.67. The van der Waals surface area contributed by atoms with Crippen LogP contribution in [0, 0.1) is 5.92 Å². The molecule has 1 saturated heterocycles. The molecule has 0 bridgehead atoms. The second-order valence-electron chi connectivity index (χ2n) is 9.78. The van der Waals surface area contributed by atoms with Gasteiger partial charge >= 0.3 is 11.9 Å². The number of thioether (sulfide) groups is 2. The summed E-state index contributed by atoms with van der Waals surface area (Å²) in [5, 5.41) is 24.2. The molecule has 1 aromatic heterocycles. The van der Waals surface area contributed by atoms with Crippen LogP contribution in [0.2, 0.25) is 0 Å². The number of hydrogen-bond donors (Lipinski definition) is 3. The molecule has 0 spiro atoms. The molecule has 220 valence electrons. The number of rotatable bonds is 12. The molecular weight excluding hydrogens is 574 g/mol. The third-order valence-electron chi connectivity index (χ3n) is 6.28. The Kier molecular flexibility index (Phi) is 10.0. The van der Waals surface area contributed by atoms with Gasteiger partial charge in [0.25, 0.3) is 11.8 Å². The molecule has 0 unspecified atom stereocenters. The SMILES string of the molecule is CC(C)C[C@H](N)C(=O)OCOC(=O)C1=C(CSc2nnnn2C)CS[C@@H]2[C@H](NC(=O)[C@H](O)c3ccccc3)C(=O)N12. The standard InChI is InChI=1S/C25H31N7O7S2/c1-13(2)9-16(26)23(36)38-12-39-24(37)18-15(11-41-25-28-29-30-31(25)3)10-40-22-17(21(35)32(18)22)27-20(34)19(33)14-7-5-4-6-8-14/h4-8,13,16-17,19,22,33H,9-12,26H2,1-3H3,(H,27,34)/t16-,17+,19+,22+/m0/s1. The molecule has 0 radical (unpaired) electrons. The van der Waals surface area contributed by atoms with Gasteiger partial charge < -0.3 is 25.6 Å². The number of tetrazole rings is 1. The molecule has 0 aliphatic carbocycles. The van der Waals surface area contributed by atoms with Crippen molar-refractivity contribution in [3.8, 4) is 0 Å². The highest BCUT2D eigenvalue weighted by molar-refractivity contribution is 8.01. The van der Waals surface area contributed by atoms with Gasteiger partial charge in [-0.05, 0) is 33.9 Å². The molecule has 16 heteroatoms. The summed E-state index contributed by atoms with van der Waals surface area (Å²) in [4.78, 5) is 52.6. The van der Waals surface area contributed by atoms with Crippen LogP contribution in [-0.4, -0.2) is 89.7 Å². The number of β-lactam (4-membered cyclic amide) rings is 1. The lowest BCUT2D eigenvalue weighted by Gasteiger charge is -2.49. The Morgan fingerprint density at radius 3 is 2.63 bits per heavy atom. The van der Waals surface area contributed by atoms with Crippen LogP contribution in [0.3, 0.4) is 0 Å². The third-order valence-corrected chi connectivity index (χ3v) is 8.71. The number of aliphatic hydroxyl groups is 1. The second kappa shape index (κ2) is 13.5. The van der Waals surface area contributed by atoms with Gasteiger partial charge in [-0.25, -0.2) is 9.48 Å². The lowest BCUT2D eigenvalue weighted by atomic mass is 10.0. The minimum atomic E-state index is -1.46. The zero-order valence-electron chi connectivity index (χ0n) is 22.6. The number of fused-ring (bicyclic) bond motifs is 1. The minimum absolute atomic E-state index is 0.00184. The molecule has 2 aliphatic heterocycles. The number of nitrogens with two attached hydrogens (primary N) is 1. The summed E-state index contributed by atoms with van der Waals surface area (Å²) < 4.78 is 11.7. The van der Waals surface area contributed by atoms with E-state index in [1.54, 1.807) is 37.4 Å². The minimum Gasteiger partial charge on any atom is -0.427 e. The lowest BCUT2D eigenvalue weighted by molar-refractivity contribution is -0.169. The predicted molar refractivity (Wildman–Crippen MR) is 147 cm³/mol. The van der Waals surface area contributed by atoms with Crippen molar-refractivity contribution in [1.82, 2.24) is 30.4 Å². The van der Waals surface area contributed by atoms with Gasteiger partial charge in [0.1, 0.15) is 23.2 Å². The van der Waals surface area contributed by atoms with Gasteiger partial charge in [0, 0.05) is 18.6 Å². The van der Waals surface area contributed by atoms with Crippen LogP contribution in [0.15, 0.2) is 46.8 Å². The molecule has 4 rings (SSSR count). The van der Waals surface area contributed by atoms with Crippen LogP contribution in [0.1, 0.15) is 31.9 Å². The first kappa shape index (κ1) is 30.5. The van der Waals surface area contributed by atoms with Crippen LogP contribution in [-0.2, 0) is 35.7 Å². The second-order valence-corrected chi connectivity index (χ2v) is 11.8. The molecule has 41 heavy (non-hydrogen) atoms. The fraction of sp³-hybridized carbons (Fsp3) is 0.480. The maximum atomic E-state index is 13.2. The van der Waals surface area contributed by atoms with E-state index < -0.39 is 54.1 Å². The topological polar surface area (TPSA) is 192 Å². The van der Waals surface area contributed by atoms with E-state index in [4.69, 9.17) is 15.2 Å². The van der Waals surface area contributed by atoms with Crippen LogP contribution < -0.4 is 11.1 Å². The number of carbonyl (C=O) groups is 4. The molecule has 0 saturated carbocycles. The van der Waals surface area contributed by atoms with E-state index >= 15 is 0 Å². The number of ether oxygens (including phenoxy) is 2. The van der Waals surface area contributed by atoms with Crippen LogP contribution in [0.25, 0.3) is 0 Å². The molecule has 4 N–H and O–H groups in total. The fourth-order valence-electron chi connectivity index (χ4n) is 4.22. The van der Waals surface area contributed by atoms with Gasteiger partial charge in [0.05, 0.1) is 0 Å². The Hall–Kier alpha value is -3.47. The van der Waals surface area contributed by atoms with Gasteiger partial charge in [0.2, 0.25) is 11.9 Å². The quantitative estimate of drug-likeness (QED) is 0.128. The number of carbonyl (C=O) groups excluding carboxylic acids is 4. The monoisotopic (exact) mass is 605 g/mol. The molecule has 1 aromatic carbocycles. The molecule has 1 fully saturated rings. The van der Waals surface area contributed by atoms with Gasteiger partial charge in [0.15, 0.2) is 6.10 Å². The Bertz CT molecular complexity index is 1320. The molecule has 14 nitrogen and oxygen atoms in total. The van der Waals surface area contributed by atoms with Gasteiger partial charge in [-0.2, -0.15) is 0 Å². The average molecular weight is 606 g/mol. The van der Waals surface area contributed by atoms with Gasteiger partial charge in [-0.15, -0.1) is 16.9 Å². The highest BCUT2D eigenvalue weighted by atomic mass is 32.2.